The molecule has 0 saturated carbocycles. The third-order valence-electron chi connectivity index (χ3n) is 5.12. The number of carbonyl (C=O) groups is 2. The lowest BCUT2D eigenvalue weighted by Gasteiger charge is -2.20. The summed E-state index contributed by atoms with van der Waals surface area (Å²) in [4.78, 5) is 28.3. The van der Waals surface area contributed by atoms with E-state index in [1.54, 1.807) is 12.1 Å². The Bertz CT molecular complexity index is 1230. The summed E-state index contributed by atoms with van der Waals surface area (Å²) in [5, 5.41) is 5.00. The van der Waals surface area contributed by atoms with Crippen LogP contribution in [0, 0.1) is 11.6 Å². The summed E-state index contributed by atoms with van der Waals surface area (Å²) in [5.74, 6) is -2.66. The SMILES string of the molecule is O=C(NC(=O)c1c(F)cccc1F)Nc1cnc(Oc2ccc(Cl)c3c2CCCC3)c(Cl)c1. The summed E-state index contributed by atoms with van der Waals surface area (Å²) in [6.07, 6.45) is 5.07. The van der Waals surface area contributed by atoms with E-state index >= 15 is 0 Å². The first-order valence-electron chi connectivity index (χ1n) is 10.0. The van der Waals surface area contributed by atoms with Gasteiger partial charge in [0.2, 0.25) is 5.88 Å². The van der Waals surface area contributed by atoms with Gasteiger partial charge in [0.05, 0.1) is 11.9 Å². The van der Waals surface area contributed by atoms with E-state index < -0.39 is 29.1 Å². The molecule has 3 aromatic rings. The zero-order valence-corrected chi connectivity index (χ0v) is 18.6. The highest BCUT2D eigenvalue weighted by atomic mass is 35.5. The molecule has 33 heavy (non-hydrogen) atoms. The van der Waals surface area contributed by atoms with Gasteiger partial charge in [-0.1, -0.05) is 29.3 Å². The molecule has 1 aliphatic carbocycles. The summed E-state index contributed by atoms with van der Waals surface area (Å²) in [7, 11) is 0. The fourth-order valence-corrected chi connectivity index (χ4v) is 4.08. The second-order valence-electron chi connectivity index (χ2n) is 7.33. The van der Waals surface area contributed by atoms with E-state index in [0.29, 0.717) is 10.8 Å². The molecule has 0 atom stereocenters. The van der Waals surface area contributed by atoms with Crippen LogP contribution in [0.25, 0.3) is 0 Å². The van der Waals surface area contributed by atoms with Crippen LogP contribution in [0.5, 0.6) is 11.6 Å². The molecule has 0 bridgehead atoms. The highest BCUT2D eigenvalue weighted by molar-refractivity contribution is 6.32. The minimum absolute atomic E-state index is 0.110. The Morgan fingerprint density at radius 2 is 1.67 bits per heavy atom. The number of nitrogens with zero attached hydrogens (tertiary/aromatic N) is 1. The van der Waals surface area contributed by atoms with Crippen LogP contribution in [-0.2, 0) is 12.8 Å². The van der Waals surface area contributed by atoms with Gasteiger partial charge in [-0.2, -0.15) is 0 Å². The fourth-order valence-electron chi connectivity index (χ4n) is 3.60. The summed E-state index contributed by atoms with van der Waals surface area (Å²) >= 11 is 12.6. The molecule has 170 valence electrons. The number of halogens is 4. The first-order valence-corrected chi connectivity index (χ1v) is 10.8. The van der Waals surface area contributed by atoms with Crippen molar-refractivity contribution in [3.05, 3.63) is 81.0 Å². The van der Waals surface area contributed by atoms with Crippen LogP contribution in [0.4, 0.5) is 19.3 Å². The monoisotopic (exact) mass is 491 g/mol. The molecule has 0 unspecified atom stereocenters. The van der Waals surface area contributed by atoms with E-state index in [1.807, 2.05) is 5.32 Å². The summed E-state index contributed by atoms with van der Waals surface area (Å²) < 4.78 is 33.3. The minimum Gasteiger partial charge on any atom is -0.437 e. The van der Waals surface area contributed by atoms with Gasteiger partial charge in [-0.15, -0.1) is 0 Å². The molecule has 0 fully saturated rings. The quantitative estimate of drug-likeness (QED) is 0.448. The number of rotatable bonds is 4. The Balaban J connectivity index is 1.45. The van der Waals surface area contributed by atoms with Gasteiger partial charge in [0.15, 0.2) is 0 Å². The number of aromatic nitrogens is 1. The number of urea groups is 1. The Morgan fingerprint density at radius 3 is 2.36 bits per heavy atom. The van der Waals surface area contributed by atoms with E-state index in [9.17, 15) is 18.4 Å². The molecule has 0 aliphatic heterocycles. The number of carbonyl (C=O) groups excluding carboxylic acids is 2. The lowest BCUT2D eigenvalue weighted by Crippen LogP contribution is -2.35. The van der Waals surface area contributed by atoms with E-state index in [1.165, 1.54) is 12.3 Å². The third-order valence-corrected chi connectivity index (χ3v) is 5.75. The molecule has 1 aliphatic rings. The zero-order chi connectivity index (χ0) is 23.5. The molecule has 6 nitrogen and oxygen atoms in total. The second-order valence-corrected chi connectivity index (χ2v) is 8.14. The normalized spacial score (nSPS) is 12.6. The van der Waals surface area contributed by atoms with E-state index in [-0.39, 0.29) is 16.6 Å². The van der Waals surface area contributed by atoms with Crippen molar-refractivity contribution < 1.29 is 23.1 Å². The van der Waals surface area contributed by atoms with Crippen LogP contribution in [0.15, 0.2) is 42.6 Å². The third kappa shape index (κ3) is 5.07. The number of amides is 3. The number of nitrogens with one attached hydrogen (secondary N) is 2. The van der Waals surface area contributed by atoms with E-state index in [0.717, 1.165) is 55.0 Å². The largest absolute Gasteiger partial charge is 0.437 e. The average Bonchev–Trinajstić information content (AvgIpc) is 2.77. The van der Waals surface area contributed by atoms with Crippen molar-refractivity contribution >= 4 is 40.8 Å². The smallest absolute Gasteiger partial charge is 0.326 e. The van der Waals surface area contributed by atoms with E-state index in [2.05, 4.69) is 10.3 Å². The number of anilines is 1. The van der Waals surface area contributed by atoms with Gasteiger partial charge in [0.1, 0.15) is 28.0 Å². The number of pyridine rings is 1. The summed E-state index contributed by atoms with van der Waals surface area (Å²) in [6, 6.07) is 6.83. The van der Waals surface area contributed by atoms with Crippen molar-refractivity contribution in [3.63, 3.8) is 0 Å². The van der Waals surface area contributed by atoms with Crippen LogP contribution < -0.4 is 15.4 Å². The van der Waals surface area contributed by atoms with Crippen molar-refractivity contribution in [1.29, 1.82) is 0 Å². The Kier molecular flexibility index (Phi) is 6.76. The van der Waals surface area contributed by atoms with Gasteiger partial charge in [-0.3, -0.25) is 10.1 Å². The van der Waals surface area contributed by atoms with Crippen molar-refractivity contribution in [3.8, 4) is 11.6 Å². The average molecular weight is 492 g/mol. The van der Waals surface area contributed by atoms with Crippen molar-refractivity contribution in [2.45, 2.75) is 25.7 Å². The van der Waals surface area contributed by atoms with Gasteiger partial charge in [-0.05, 0) is 67.1 Å². The van der Waals surface area contributed by atoms with Crippen LogP contribution >= 0.6 is 23.2 Å². The van der Waals surface area contributed by atoms with E-state index in [4.69, 9.17) is 27.9 Å². The molecular weight excluding hydrogens is 475 g/mol. The number of benzene rings is 2. The van der Waals surface area contributed by atoms with Gasteiger partial charge >= 0.3 is 6.03 Å². The topological polar surface area (TPSA) is 80.3 Å². The van der Waals surface area contributed by atoms with Gasteiger partial charge < -0.3 is 10.1 Å². The molecule has 1 heterocycles. The maximum Gasteiger partial charge on any atom is 0.326 e. The molecule has 0 radical (unpaired) electrons. The molecular formula is C23H17Cl2F2N3O3. The minimum atomic E-state index is -1.23. The highest BCUT2D eigenvalue weighted by Crippen LogP contribution is 2.38. The summed E-state index contributed by atoms with van der Waals surface area (Å²) in [5.41, 5.74) is 1.36. The van der Waals surface area contributed by atoms with Gasteiger partial charge in [0.25, 0.3) is 5.91 Å². The van der Waals surface area contributed by atoms with Gasteiger partial charge in [0, 0.05) is 5.02 Å². The molecule has 0 spiro atoms. The first kappa shape index (κ1) is 22.9. The van der Waals surface area contributed by atoms with Crippen LogP contribution in [0.3, 0.4) is 0 Å². The molecule has 2 aromatic carbocycles. The fraction of sp³-hybridized carbons (Fsp3) is 0.174. The van der Waals surface area contributed by atoms with Crippen LogP contribution in [-0.4, -0.2) is 16.9 Å². The van der Waals surface area contributed by atoms with Crippen molar-refractivity contribution in [2.75, 3.05) is 5.32 Å². The standard InChI is InChI=1S/C23H17Cl2F2N3O3/c24-15-8-9-19(14-5-2-1-4-13(14)15)33-22-16(25)10-12(11-28-22)29-23(32)30-21(31)20-17(26)6-3-7-18(20)27/h3,6-11H,1-2,4-5H2,(H2,29,30,31,32). The Hall–Kier alpha value is -3.23. The molecule has 10 heteroatoms. The molecule has 4 rings (SSSR count). The predicted octanol–water partition coefficient (Wildman–Crippen LogP) is 6.30. The highest BCUT2D eigenvalue weighted by Gasteiger charge is 2.21. The lowest BCUT2D eigenvalue weighted by atomic mass is 9.91. The predicted molar refractivity (Wildman–Crippen MR) is 120 cm³/mol. The number of hydrogen-bond acceptors (Lipinski definition) is 4. The van der Waals surface area contributed by atoms with Crippen LogP contribution in [0.1, 0.15) is 34.3 Å². The molecule has 2 N–H and O–H groups in total. The van der Waals surface area contributed by atoms with Crippen molar-refractivity contribution in [2.24, 2.45) is 0 Å². The Labute approximate surface area is 197 Å². The number of imide groups is 1. The van der Waals surface area contributed by atoms with Crippen molar-refractivity contribution in [1.82, 2.24) is 10.3 Å². The number of fused-ring (bicyclic) bond motifs is 1. The second kappa shape index (κ2) is 9.72. The summed E-state index contributed by atoms with van der Waals surface area (Å²) in [6.45, 7) is 0. The molecule has 1 aromatic heterocycles. The number of ether oxygens (including phenoxy) is 1. The van der Waals surface area contributed by atoms with Gasteiger partial charge in [-0.25, -0.2) is 18.6 Å². The maximum absolute atomic E-state index is 13.7. The lowest BCUT2D eigenvalue weighted by molar-refractivity contribution is 0.0959. The molecule has 3 amide bonds. The molecule has 0 saturated heterocycles. The zero-order valence-electron chi connectivity index (χ0n) is 17.1. The van der Waals surface area contributed by atoms with Crippen LogP contribution in [0.2, 0.25) is 10.0 Å². The maximum atomic E-state index is 13.7. The Morgan fingerprint density at radius 1 is 0.970 bits per heavy atom. The first-order chi connectivity index (χ1) is 15.8. The number of hydrogen-bond donors (Lipinski definition) is 2.